The lowest BCUT2D eigenvalue weighted by Gasteiger charge is -2.24. The minimum atomic E-state index is -0.471. The third-order valence-corrected chi connectivity index (χ3v) is 6.70. The summed E-state index contributed by atoms with van der Waals surface area (Å²) in [4.78, 5) is 24.1. The van der Waals surface area contributed by atoms with Crippen LogP contribution in [0.4, 0.5) is 0 Å². The number of nitrogens with one attached hydrogen (secondary N) is 1. The molecule has 2 N–H and O–H groups in total. The van der Waals surface area contributed by atoms with E-state index in [-0.39, 0.29) is 29.4 Å². The number of aryl methyl sites for hydroxylation is 1. The number of esters is 1. The second-order valence-electron chi connectivity index (χ2n) is 11.1. The number of carbonyl (C=O) groups excluding carboxylic acids is 2. The van der Waals surface area contributed by atoms with Crippen molar-refractivity contribution >= 4 is 17.8 Å². The third-order valence-electron chi connectivity index (χ3n) is 6.70. The number of ether oxygens (including phenoxy) is 2. The molecule has 6 nitrogen and oxygen atoms in total. The summed E-state index contributed by atoms with van der Waals surface area (Å²) in [5.74, 6) is -0.684. The molecule has 0 saturated heterocycles. The Morgan fingerprint density at radius 3 is 2.13 bits per heavy atom. The maximum absolute atomic E-state index is 12.9. The number of benzene rings is 2. The van der Waals surface area contributed by atoms with E-state index < -0.39 is 6.61 Å². The minimum Gasteiger partial charge on any atom is -0.462 e. The van der Waals surface area contributed by atoms with Crippen LogP contribution in [0.25, 0.3) is 6.08 Å². The Kier molecular flexibility index (Phi) is 11.7. The van der Waals surface area contributed by atoms with Gasteiger partial charge in [-0.25, -0.2) is 0 Å². The van der Waals surface area contributed by atoms with Gasteiger partial charge in [0.25, 0.3) is 0 Å². The Labute approximate surface area is 227 Å². The molecule has 206 valence electrons. The third kappa shape index (κ3) is 10.9. The summed E-state index contributed by atoms with van der Waals surface area (Å²) in [7, 11) is 0. The van der Waals surface area contributed by atoms with Crippen LogP contribution in [0.5, 0.6) is 0 Å². The summed E-state index contributed by atoms with van der Waals surface area (Å²) in [6.45, 7) is 7.43. The van der Waals surface area contributed by atoms with Crippen molar-refractivity contribution in [1.82, 2.24) is 5.32 Å². The van der Waals surface area contributed by atoms with Crippen LogP contribution >= 0.6 is 0 Å². The standard InChI is InChI=1S/C32H43NO5/c1-32(2,3)37-23-28(31(36)38-30-6-4-5-7-30)18-16-24-8-12-26(13-9-24)20-33-21-27-14-10-25(11-15-27)17-19-29(35)22-34/h8-15,17,19,28,30,33-34H,4-7,16,18,20-23H2,1-3H3/b19-17+/t28-/m0/s1. The van der Waals surface area contributed by atoms with E-state index in [4.69, 9.17) is 14.6 Å². The predicted octanol–water partition coefficient (Wildman–Crippen LogP) is 5.40. The Morgan fingerprint density at radius 2 is 1.55 bits per heavy atom. The number of aliphatic hydroxyl groups is 1. The fourth-order valence-electron chi connectivity index (χ4n) is 4.39. The lowest BCUT2D eigenvalue weighted by Crippen LogP contribution is -2.31. The molecule has 38 heavy (non-hydrogen) atoms. The Balaban J connectivity index is 1.45. The first-order chi connectivity index (χ1) is 18.2. The van der Waals surface area contributed by atoms with E-state index in [9.17, 15) is 9.59 Å². The van der Waals surface area contributed by atoms with Gasteiger partial charge in [0.05, 0.1) is 18.1 Å². The lowest BCUT2D eigenvalue weighted by molar-refractivity contribution is -0.158. The molecule has 0 bridgehead atoms. The normalized spacial score (nSPS) is 15.2. The van der Waals surface area contributed by atoms with Gasteiger partial charge in [0.1, 0.15) is 12.7 Å². The zero-order valence-corrected chi connectivity index (χ0v) is 23.1. The molecule has 6 heteroatoms. The van der Waals surface area contributed by atoms with Crippen LogP contribution in [0.2, 0.25) is 0 Å². The van der Waals surface area contributed by atoms with Crippen LogP contribution in [0, 0.1) is 5.92 Å². The number of carbonyl (C=O) groups is 2. The van der Waals surface area contributed by atoms with Crippen molar-refractivity contribution in [3.63, 3.8) is 0 Å². The smallest absolute Gasteiger partial charge is 0.311 e. The fraction of sp³-hybridized carbons (Fsp3) is 0.500. The van der Waals surface area contributed by atoms with Gasteiger partial charge in [0, 0.05) is 13.1 Å². The van der Waals surface area contributed by atoms with Crippen LogP contribution < -0.4 is 5.32 Å². The van der Waals surface area contributed by atoms with Crippen molar-refractivity contribution in [3.05, 3.63) is 76.9 Å². The number of aliphatic hydroxyl groups excluding tert-OH is 1. The number of hydrogen-bond donors (Lipinski definition) is 2. The minimum absolute atomic E-state index is 0.0729. The molecule has 1 atom stereocenters. The van der Waals surface area contributed by atoms with Gasteiger partial charge in [-0.15, -0.1) is 0 Å². The van der Waals surface area contributed by atoms with Gasteiger partial charge in [-0.1, -0.05) is 54.6 Å². The van der Waals surface area contributed by atoms with Gasteiger partial charge in [-0.05, 0) is 87.6 Å². The Bertz CT molecular complexity index is 1030. The van der Waals surface area contributed by atoms with E-state index in [0.29, 0.717) is 13.0 Å². The molecule has 1 saturated carbocycles. The SMILES string of the molecule is CC(C)(C)OC[C@H](CCc1ccc(CNCc2ccc(/C=C/C(=O)CO)cc2)cc1)C(=O)OC1CCCC1. The zero-order chi connectivity index (χ0) is 27.4. The van der Waals surface area contributed by atoms with E-state index in [2.05, 4.69) is 29.6 Å². The van der Waals surface area contributed by atoms with Crippen molar-refractivity contribution in [3.8, 4) is 0 Å². The highest BCUT2D eigenvalue weighted by Gasteiger charge is 2.27. The quantitative estimate of drug-likeness (QED) is 0.256. The van der Waals surface area contributed by atoms with E-state index in [1.54, 1.807) is 6.08 Å². The highest BCUT2D eigenvalue weighted by Crippen LogP contribution is 2.24. The van der Waals surface area contributed by atoms with E-state index in [1.807, 2.05) is 45.0 Å². The van der Waals surface area contributed by atoms with Gasteiger partial charge in [0.15, 0.2) is 5.78 Å². The molecule has 0 radical (unpaired) electrons. The highest BCUT2D eigenvalue weighted by atomic mass is 16.5. The number of ketones is 1. The highest BCUT2D eigenvalue weighted by molar-refractivity contribution is 5.94. The molecule has 0 aromatic heterocycles. The van der Waals surface area contributed by atoms with Gasteiger partial charge < -0.3 is 19.9 Å². The second kappa shape index (κ2) is 15.0. The maximum atomic E-state index is 12.9. The van der Waals surface area contributed by atoms with E-state index in [0.717, 1.165) is 56.3 Å². The predicted molar refractivity (Wildman–Crippen MR) is 150 cm³/mol. The van der Waals surface area contributed by atoms with Crippen LogP contribution in [-0.4, -0.2) is 41.8 Å². The topological polar surface area (TPSA) is 84.9 Å². The summed E-state index contributed by atoms with van der Waals surface area (Å²) in [6, 6.07) is 16.5. The van der Waals surface area contributed by atoms with Crippen LogP contribution in [0.15, 0.2) is 54.6 Å². The van der Waals surface area contributed by atoms with Crippen molar-refractivity contribution in [2.75, 3.05) is 13.2 Å². The van der Waals surface area contributed by atoms with Gasteiger partial charge in [-0.3, -0.25) is 9.59 Å². The zero-order valence-electron chi connectivity index (χ0n) is 23.1. The van der Waals surface area contributed by atoms with Crippen LogP contribution in [0.1, 0.15) is 75.1 Å². The molecule has 3 rings (SSSR count). The van der Waals surface area contributed by atoms with E-state index >= 15 is 0 Å². The molecule has 0 spiro atoms. The number of hydrogen-bond acceptors (Lipinski definition) is 6. The molecule has 1 aliphatic rings. The van der Waals surface area contributed by atoms with Gasteiger partial charge in [-0.2, -0.15) is 0 Å². The average Bonchev–Trinajstić information content (AvgIpc) is 3.41. The monoisotopic (exact) mass is 521 g/mol. The molecule has 0 unspecified atom stereocenters. The summed E-state index contributed by atoms with van der Waals surface area (Å²) in [5.41, 5.74) is 4.18. The van der Waals surface area contributed by atoms with Gasteiger partial charge in [0.2, 0.25) is 0 Å². The first-order valence-electron chi connectivity index (χ1n) is 13.8. The summed E-state index contributed by atoms with van der Waals surface area (Å²) >= 11 is 0. The molecule has 2 aromatic carbocycles. The van der Waals surface area contributed by atoms with Crippen LogP contribution in [-0.2, 0) is 38.6 Å². The molecule has 1 fully saturated rings. The summed E-state index contributed by atoms with van der Waals surface area (Å²) in [6.07, 6.45) is 8.91. The number of rotatable bonds is 14. The molecule has 1 aliphatic carbocycles. The van der Waals surface area contributed by atoms with Crippen molar-refractivity contribution < 1.29 is 24.2 Å². The van der Waals surface area contributed by atoms with E-state index in [1.165, 1.54) is 17.2 Å². The summed E-state index contributed by atoms with van der Waals surface area (Å²) < 4.78 is 11.8. The van der Waals surface area contributed by atoms with Crippen LogP contribution in [0.3, 0.4) is 0 Å². The molecule has 2 aromatic rings. The van der Waals surface area contributed by atoms with Crippen molar-refractivity contribution in [1.29, 1.82) is 0 Å². The average molecular weight is 522 g/mol. The lowest BCUT2D eigenvalue weighted by atomic mass is 9.99. The molecular weight excluding hydrogens is 478 g/mol. The van der Waals surface area contributed by atoms with Crippen molar-refractivity contribution in [2.24, 2.45) is 5.92 Å². The largest absolute Gasteiger partial charge is 0.462 e. The van der Waals surface area contributed by atoms with Crippen molar-refractivity contribution in [2.45, 2.75) is 84.1 Å². The molecular formula is C32H43NO5. The molecule has 0 heterocycles. The maximum Gasteiger partial charge on any atom is 0.311 e. The fourth-order valence-corrected chi connectivity index (χ4v) is 4.39. The first kappa shape index (κ1) is 29.8. The summed E-state index contributed by atoms with van der Waals surface area (Å²) in [5, 5.41) is 12.3. The Hall–Kier alpha value is -2.80. The molecule has 0 amide bonds. The van der Waals surface area contributed by atoms with Gasteiger partial charge >= 0.3 is 5.97 Å². The first-order valence-corrected chi connectivity index (χ1v) is 13.8. The Morgan fingerprint density at radius 1 is 0.974 bits per heavy atom. The second-order valence-corrected chi connectivity index (χ2v) is 11.1. The molecule has 0 aliphatic heterocycles.